The van der Waals surface area contributed by atoms with Gasteiger partial charge in [-0.25, -0.2) is 0 Å². The number of alkyl halides is 3. The van der Waals surface area contributed by atoms with Gasteiger partial charge in [0.1, 0.15) is 0 Å². The molecule has 1 N–H and O–H groups in total. The molecule has 2 aliphatic heterocycles. The van der Waals surface area contributed by atoms with Crippen molar-refractivity contribution in [1.82, 2.24) is 10.2 Å². The summed E-state index contributed by atoms with van der Waals surface area (Å²) in [5.41, 5.74) is -1.27. The number of fused-ring (bicyclic) bond motifs is 1. The standard InChI is InChI=1S/C16H19F3N2O2/c17-16(18,19)14-6-2-1-5-13(14)15(22)20-8-12-9-21-7-3-4-11(21)10-23-12/h1-2,5-6,11-12H,3-4,7-10H2,(H,20,22). The zero-order valence-corrected chi connectivity index (χ0v) is 12.6. The van der Waals surface area contributed by atoms with Gasteiger partial charge in [-0.05, 0) is 31.5 Å². The molecule has 2 aliphatic rings. The molecule has 0 spiro atoms. The van der Waals surface area contributed by atoms with Crippen LogP contribution in [-0.4, -0.2) is 49.2 Å². The number of carbonyl (C=O) groups excluding carboxylic acids is 1. The average Bonchev–Trinajstić information content (AvgIpc) is 2.99. The van der Waals surface area contributed by atoms with Gasteiger partial charge in [0, 0.05) is 19.1 Å². The van der Waals surface area contributed by atoms with Crippen LogP contribution in [0.15, 0.2) is 24.3 Å². The first kappa shape index (κ1) is 16.3. The Balaban J connectivity index is 1.60. The van der Waals surface area contributed by atoms with Gasteiger partial charge in [0.25, 0.3) is 5.91 Å². The van der Waals surface area contributed by atoms with Crippen molar-refractivity contribution in [3.63, 3.8) is 0 Å². The number of rotatable bonds is 3. The fourth-order valence-electron chi connectivity index (χ4n) is 3.24. The van der Waals surface area contributed by atoms with Crippen LogP contribution in [0.3, 0.4) is 0 Å². The van der Waals surface area contributed by atoms with Crippen LogP contribution in [0.25, 0.3) is 0 Å². The topological polar surface area (TPSA) is 41.6 Å². The molecule has 0 radical (unpaired) electrons. The highest BCUT2D eigenvalue weighted by molar-refractivity contribution is 5.95. The van der Waals surface area contributed by atoms with E-state index in [0.29, 0.717) is 19.2 Å². The highest BCUT2D eigenvalue weighted by Crippen LogP contribution is 2.31. The summed E-state index contributed by atoms with van der Waals surface area (Å²) in [6.07, 6.45) is -2.45. The first-order chi connectivity index (χ1) is 10.9. The maximum absolute atomic E-state index is 12.9. The Bertz CT molecular complexity index is 577. The molecule has 2 unspecified atom stereocenters. The summed E-state index contributed by atoms with van der Waals surface area (Å²) in [5.74, 6) is -0.718. The summed E-state index contributed by atoms with van der Waals surface area (Å²) in [4.78, 5) is 14.4. The predicted molar refractivity (Wildman–Crippen MR) is 78.1 cm³/mol. The molecule has 2 fully saturated rings. The molecule has 1 aromatic carbocycles. The lowest BCUT2D eigenvalue weighted by atomic mass is 10.1. The van der Waals surface area contributed by atoms with Crippen LogP contribution in [-0.2, 0) is 10.9 Å². The van der Waals surface area contributed by atoms with Crippen LogP contribution < -0.4 is 5.32 Å². The number of halogens is 3. The van der Waals surface area contributed by atoms with E-state index in [1.165, 1.54) is 18.2 Å². The van der Waals surface area contributed by atoms with Crippen molar-refractivity contribution in [2.45, 2.75) is 31.2 Å². The fraction of sp³-hybridized carbons (Fsp3) is 0.562. The fourth-order valence-corrected chi connectivity index (χ4v) is 3.24. The van der Waals surface area contributed by atoms with E-state index in [4.69, 9.17) is 4.74 Å². The monoisotopic (exact) mass is 328 g/mol. The van der Waals surface area contributed by atoms with Crippen LogP contribution in [0, 0.1) is 0 Å². The van der Waals surface area contributed by atoms with Crippen molar-refractivity contribution in [3.05, 3.63) is 35.4 Å². The molecule has 2 saturated heterocycles. The summed E-state index contributed by atoms with van der Waals surface area (Å²) in [6.45, 7) is 2.58. The number of amides is 1. The summed E-state index contributed by atoms with van der Waals surface area (Å²) in [6, 6.07) is 5.26. The number of nitrogens with zero attached hydrogens (tertiary/aromatic N) is 1. The largest absolute Gasteiger partial charge is 0.417 e. The van der Waals surface area contributed by atoms with Gasteiger partial charge in [-0.1, -0.05) is 12.1 Å². The summed E-state index contributed by atoms with van der Waals surface area (Å²) >= 11 is 0. The van der Waals surface area contributed by atoms with Crippen molar-refractivity contribution in [2.75, 3.05) is 26.2 Å². The molecule has 7 heteroatoms. The molecule has 1 aromatic rings. The maximum atomic E-state index is 12.9. The van der Waals surface area contributed by atoms with E-state index in [0.717, 1.165) is 25.5 Å². The van der Waals surface area contributed by atoms with Gasteiger partial charge in [0.05, 0.1) is 23.8 Å². The van der Waals surface area contributed by atoms with E-state index in [9.17, 15) is 18.0 Å². The number of morpholine rings is 1. The second kappa shape index (κ2) is 6.49. The lowest BCUT2D eigenvalue weighted by molar-refractivity contribution is -0.137. The third-order valence-corrected chi connectivity index (χ3v) is 4.43. The second-order valence-electron chi connectivity index (χ2n) is 6.00. The van der Waals surface area contributed by atoms with Crippen LogP contribution in [0.2, 0.25) is 0 Å². The average molecular weight is 328 g/mol. The van der Waals surface area contributed by atoms with E-state index in [-0.39, 0.29) is 18.2 Å². The lowest BCUT2D eigenvalue weighted by Crippen LogP contribution is -2.50. The normalized spacial score (nSPS) is 25.2. The van der Waals surface area contributed by atoms with Gasteiger partial charge >= 0.3 is 6.18 Å². The van der Waals surface area contributed by atoms with E-state index < -0.39 is 17.6 Å². The molecular formula is C16H19F3N2O2. The smallest absolute Gasteiger partial charge is 0.373 e. The molecule has 0 aromatic heterocycles. The number of hydrogen-bond donors (Lipinski definition) is 1. The summed E-state index contributed by atoms with van der Waals surface area (Å²) < 4.78 is 44.5. The minimum Gasteiger partial charge on any atom is -0.373 e. The zero-order valence-electron chi connectivity index (χ0n) is 12.6. The molecule has 1 amide bonds. The third kappa shape index (κ3) is 3.67. The Hall–Kier alpha value is -1.60. The molecule has 4 nitrogen and oxygen atoms in total. The Morgan fingerprint density at radius 3 is 2.91 bits per heavy atom. The van der Waals surface area contributed by atoms with E-state index >= 15 is 0 Å². The van der Waals surface area contributed by atoms with Crippen molar-refractivity contribution in [3.8, 4) is 0 Å². The minimum atomic E-state index is -4.54. The van der Waals surface area contributed by atoms with Crippen LogP contribution in [0.1, 0.15) is 28.8 Å². The number of ether oxygens (including phenoxy) is 1. The number of nitrogens with one attached hydrogen (secondary N) is 1. The molecular weight excluding hydrogens is 309 g/mol. The van der Waals surface area contributed by atoms with Crippen molar-refractivity contribution >= 4 is 5.91 Å². The van der Waals surface area contributed by atoms with Gasteiger partial charge < -0.3 is 10.1 Å². The highest BCUT2D eigenvalue weighted by atomic mass is 19.4. The van der Waals surface area contributed by atoms with Gasteiger partial charge in [-0.15, -0.1) is 0 Å². The molecule has 126 valence electrons. The first-order valence-corrected chi connectivity index (χ1v) is 7.75. The molecule has 0 aliphatic carbocycles. The van der Waals surface area contributed by atoms with Gasteiger partial charge in [-0.2, -0.15) is 13.2 Å². The highest BCUT2D eigenvalue weighted by Gasteiger charge is 2.35. The van der Waals surface area contributed by atoms with Crippen molar-refractivity contribution < 1.29 is 22.7 Å². The Kier molecular flexibility index (Phi) is 4.59. The Morgan fingerprint density at radius 2 is 2.13 bits per heavy atom. The summed E-state index contributed by atoms with van der Waals surface area (Å²) in [5, 5.41) is 2.57. The molecule has 0 bridgehead atoms. The van der Waals surface area contributed by atoms with Crippen LogP contribution in [0.5, 0.6) is 0 Å². The van der Waals surface area contributed by atoms with Crippen LogP contribution >= 0.6 is 0 Å². The third-order valence-electron chi connectivity index (χ3n) is 4.43. The Morgan fingerprint density at radius 1 is 1.35 bits per heavy atom. The predicted octanol–water partition coefficient (Wildman–Crippen LogP) is 2.30. The van der Waals surface area contributed by atoms with Gasteiger partial charge in [0.2, 0.25) is 0 Å². The Labute approximate surface area is 132 Å². The SMILES string of the molecule is O=C(NCC1CN2CCCC2CO1)c1ccccc1C(F)(F)F. The molecule has 2 atom stereocenters. The van der Waals surface area contributed by atoms with Crippen LogP contribution in [0.4, 0.5) is 13.2 Å². The van der Waals surface area contributed by atoms with E-state index in [1.807, 2.05) is 0 Å². The molecule has 3 rings (SSSR count). The maximum Gasteiger partial charge on any atom is 0.417 e. The molecule has 2 heterocycles. The van der Waals surface area contributed by atoms with E-state index in [1.54, 1.807) is 0 Å². The number of carbonyl (C=O) groups is 1. The zero-order chi connectivity index (χ0) is 16.4. The summed E-state index contributed by atoms with van der Waals surface area (Å²) in [7, 11) is 0. The molecule has 0 saturated carbocycles. The first-order valence-electron chi connectivity index (χ1n) is 7.75. The quantitative estimate of drug-likeness (QED) is 0.926. The molecule has 23 heavy (non-hydrogen) atoms. The minimum absolute atomic E-state index is 0.175. The van der Waals surface area contributed by atoms with Crippen molar-refractivity contribution in [1.29, 1.82) is 0 Å². The lowest BCUT2D eigenvalue weighted by Gasteiger charge is -2.35. The van der Waals surface area contributed by atoms with Gasteiger partial charge in [-0.3, -0.25) is 9.69 Å². The number of hydrogen-bond acceptors (Lipinski definition) is 3. The second-order valence-corrected chi connectivity index (χ2v) is 6.00. The van der Waals surface area contributed by atoms with Crippen molar-refractivity contribution in [2.24, 2.45) is 0 Å². The van der Waals surface area contributed by atoms with Gasteiger partial charge in [0.15, 0.2) is 0 Å². The number of benzene rings is 1. The van der Waals surface area contributed by atoms with E-state index in [2.05, 4.69) is 10.2 Å².